The quantitative estimate of drug-likeness (QED) is 0.0199. The number of nitrogens with one attached hydrogen (secondary N) is 1. The molecule has 0 fully saturated rings. The van der Waals surface area contributed by atoms with Gasteiger partial charge in [-0.3, -0.25) is 18.6 Å². The van der Waals surface area contributed by atoms with E-state index in [1.54, 1.807) is 0 Å². The third-order valence-corrected chi connectivity index (χ3v) is 11.2. The summed E-state index contributed by atoms with van der Waals surface area (Å²) in [5, 5.41) is 21.9. The second-order valence-corrected chi connectivity index (χ2v) is 18.1. The number of allylic oxidation sites excluding steroid dienone is 20. The van der Waals surface area contributed by atoms with Crippen molar-refractivity contribution in [3.63, 3.8) is 0 Å². The Morgan fingerprint density at radius 1 is 0.485 bits per heavy atom. The van der Waals surface area contributed by atoms with Crippen molar-refractivity contribution in [3.8, 4) is 0 Å². The van der Waals surface area contributed by atoms with Crippen LogP contribution in [0.3, 0.4) is 0 Å². The van der Waals surface area contributed by atoms with E-state index in [1.165, 1.54) is 25.7 Å². The van der Waals surface area contributed by atoms with Gasteiger partial charge < -0.3 is 25.2 Å². The van der Waals surface area contributed by atoms with Gasteiger partial charge in [0.15, 0.2) is 6.04 Å². The van der Waals surface area contributed by atoms with Crippen molar-refractivity contribution in [1.82, 2.24) is 5.32 Å². The summed E-state index contributed by atoms with van der Waals surface area (Å²) in [6.45, 7) is 2.41. The molecular formula is C56H90NO10P. The van der Waals surface area contributed by atoms with Crippen LogP contribution in [0.15, 0.2) is 122 Å². The molecule has 68 heavy (non-hydrogen) atoms. The fourth-order valence-electron chi connectivity index (χ4n) is 6.30. The molecule has 0 aromatic carbocycles. The number of carboxylic acids is 1. The second kappa shape index (κ2) is 49.3. The van der Waals surface area contributed by atoms with Crippen LogP contribution in [0.1, 0.15) is 181 Å². The Kier molecular flexibility index (Phi) is 46.3. The number of phosphoric ester groups is 1. The Bertz CT molecular complexity index is 1610. The van der Waals surface area contributed by atoms with E-state index < -0.39 is 57.6 Å². The molecule has 0 saturated heterocycles. The van der Waals surface area contributed by atoms with Crippen molar-refractivity contribution >= 4 is 25.7 Å². The zero-order valence-electron chi connectivity index (χ0n) is 41.9. The van der Waals surface area contributed by atoms with E-state index in [4.69, 9.17) is 13.8 Å². The van der Waals surface area contributed by atoms with Gasteiger partial charge in [0.2, 0.25) is 5.91 Å². The summed E-state index contributed by atoms with van der Waals surface area (Å²) in [6, 6.07) is -1.57. The van der Waals surface area contributed by atoms with Gasteiger partial charge in [-0.05, 0) is 109 Å². The predicted octanol–water partition coefficient (Wildman–Crippen LogP) is 14.3. The average molecular weight is 968 g/mol. The fourth-order valence-corrected chi connectivity index (χ4v) is 7.07. The van der Waals surface area contributed by atoms with Crippen LogP contribution in [-0.2, 0) is 32.7 Å². The molecule has 0 aromatic heterocycles. The average Bonchev–Trinajstić information content (AvgIpc) is 3.32. The molecule has 0 heterocycles. The van der Waals surface area contributed by atoms with E-state index >= 15 is 0 Å². The van der Waals surface area contributed by atoms with E-state index in [1.807, 2.05) is 0 Å². The van der Waals surface area contributed by atoms with Crippen LogP contribution in [0.2, 0.25) is 0 Å². The smallest absolute Gasteiger partial charge is 0.472 e. The van der Waals surface area contributed by atoms with Crippen LogP contribution in [0.5, 0.6) is 0 Å². The number of hydrogen-bond acceptors (Lipinski definition) is 8. The van der Waals surface area contributed by atoms with Crippen molar-refractivity contribution in [2.24, 2.45) is 0 Å². The number of aliphatic hydroxyl groups is 1. The summed E-state index contributed by atoms with van der Waals surface area (Å²) in [6.07, 6.45) is 66.4. The molecule has 1 amide bonds. The van der Waals surface area contributed by atoms with Gasteiger partial charge in [-0.1, -0.05) is 180 Å². The first-order valence-corrected chi connectivity index (χ1v) is 27.1. The van der Waals surface area contributed by atoms with Crippen molar-refractivity contribution in [2.75, 3.05) is 19.8 Å². The van der Waals surface area contributed by atoms with E-state index in [0.717, 1.165) is 116 Å². The first-order valence-electron chi connectivity index (χ1n) is 25.6. The standard InChI is InChI=1S/C56H90NO10P/c1-3-5-7-9-11-13-15-17-19-21-23-25-26-28-29-31-33-35-37-39-41-43-45-47-54(59)57-53(56(61)62)51-67-68(63,64)66-50-52(58)49-65-55(60)48-46-44-42-40-38-36-34-32-30-27-24-22-20-18-16-14-12-10-8-6-4-2/h5,7,11-14,17-20,23-25,27-29,32-35,52-53,58H,3-4,6,8-10,15-16,21-22,26,30-31,36-51H2,1-2H3,(H,57,59)(H,61,62)(H,63,64)/b7-5-,13-11-,14-12-,19-17-,20-18-,25-23-,27-24-,29-28-,34-32-,35-33-. The minimum absolute atomic E-state index is 0.106. The normalized spacial score (nSPS) is 14.5. The summed E-state index contributed by atoms with van der Waals surface area (Å²) in [5.74, 6) is -2.44. The van der Waals surface area contributed by atoms with Gasteiger partial charge in [0, 0.05) is 12.8 Å². The van der Waals surface area contributed by atoms with Crippen molar-refractivity contribution in [3.05, 3.63) is 122 Å². The lowest BCUT2D eigenvalue weighted by Crippen LogP contribution is -2.43. The summed E-state index contributed by atoms with van der Waals surface area (Å²) in [7, 11) is -4.79. The highest BCUT2D eigenvalue weighted by Gasteiger charge is 2.28. The van der Waals surface area contributed by atoms with Crippen LogP contribution in [0.25, 0.3) is 0 Å². The van der Waals surface area contributed by atoms with Gasteiger partial charge in [-0.15, -0.1) is 0 Å². The van der Waals surface area contributed by atoms with E-state index in [-0.39, 0.29) is 12.8 Å². The first-order chi connectivity index (χ1) is 33.1. The third-order valence-electron chi connectivity index (χ3n) is 10.2. The highest BCUT2D eigenvalue weighted by Crippen LogP contribution is 2.43. The number of carbonyl (C=O) groups excluding carboxylic acids is 2. The molecule has 3 atom stereocenters. The van der Waals surface area contributed by atoms with Gasteiger partial charge in [0.1, 0.15) is 12.7 Å². The summed E-state index contributed by atoms with van der Waals surface area (Å²) in [5.41, 5.74) is 0. The maximum atomic E-state index is 12.4. The molecule has 12 heteroatoms. The zero-order valence-corrected chi connectivity index (χ0v) is 42.7. The number of unbranched alkanes of at least 4 members (excludes halogenated alkanes) is 12. The molecule has 0 aliphatic rings. The number of rotatable bonds is 46. The molecule has 3 unspecified atom stereocenters. The van der Waals surface area contributed by atoms with Gasteiger partial charge in [-0.25, -0.2) is 9.36 Å². The summed E-state index contributed by atoms with van der Waals surface area (Å²) >= 11 is 0. The van der Waals surface area contributed by atoms with Crippen molar-refractivity contribution in [1.29, 1.82) is 0 Å². The summed E-state index contributed by atoms with van der Waals surface area (Å²) < 4.78 is 26.9. The Morgan fingerprint density at radius 3 is 1.28 bits per heavy atom. The number of phosphoric acid groups is 1. The monoisotopic (exact) mass is 968 g/mol. The second-order valence-electron chi connectivity index (χ2n) is 16.6. The molecular weight excluding hydrogens is 878 g/mol. The Labute approximate surface area is 411 Å². The molecule has 0 aliphatic heterocycles. The molecule has 0 spiro atoms. The van der Waals surface area contributed by atoms with E-state index in [9.17, 15) is 34.1 Å². The molecule has 384 valence electrons. The van der Waals surface area contributed by atoms with Crippen LogP contribution < -0.4 is 5.32 Å². The lowest BCUT2D eigenvalue weighted by Gasteiger charge is -2.18. The molecule has 0 radical (unpaired) electrons. The number of aliphatic carboxylic acids is 1. The van der Waals surface area contributed by atoms with Gasteiger partial charge >= 0.3 is 19.8 Å². The minimum Gasteiger partial charge on any atom is -0.480 e. The predicted molar refractivity (Wildman–Crippen MR) is 281 cm³/mol. The van der Waals surface area contributed by atoms with Crippen LogP contribution in [0.4, 0.5) is 0 Å². The third kappa shape index (κ3) is 48.3. The topological polar surface area (TPSA) is 169 Å². The number of aliphatic hydroxyl groups excluding tert-OH is 1. The molecule has 0 aliphatic carbocycles. The van der Waals surface area contributed by atoms with Crippen LogP contribution in [-0.4, -0.2) is 64.9 Å². The number of carbonyl (C=O) groups is 3. The maximum Gasteiger partial charge on any atom is 0.472 e. The molecule has 0 bridgehead atoms. The number of amides is 1. The number of esters is 1. The number of carboxylic acid groups (broad SMARTS) is 1. The molecule has 11 nitrogen and oxygen atoms in total. The summed E-state index contributed by atoms with van der Waals surface area (Å²) in [4.78, 5) is 46.1. The molecule has 0 aromatic rings. The largest absolute Gasteiger partial charge is 0.480 e. The number of ether oxygens (including phenoxy) is 1. The Hall–Kier alpha value is -4.12. The van der Waals surface area contributed by atoms with E-state index in [0.29, 0.717) is 12.8 Å². The van der Waals surface area contributed by atoms with Gasteiger partial charge in [-0.2, -0.15) is 0 Å². The maximum absolute atomic E-state index is 12.4. The zero-order chi connectivity index (χ0) is 49.9. The SMILES string of the molecule is CC/C=C\C/C=C\C/C=C\C/C=C\C/C=C\C/C=C\CCCCCCC(=O)NC(COP(=O)(O)OCC(O)COC(=O)CCCCCCC/C=C\C/C=C\C/C=C\C/C=C\CCCCC)C(=O)O. The fraction of sp³-hybridized carbons (Fsp3) is 0.589. The van der Waals surface area contributed by atoms with Crippen molar-refractivity contribution in [2.45, 2.75) is 193 Å². The molecule has 4 N–H and O–H groups in total. The van der Waals surface area contributed by atoms with Gasteiger partial charge in [0.25, 0.3) is 0 Å². The highest BCUT2D eigenvalue weighted by atomic mass is 31.2. The molecule has 0 rings (SSSR count). The minimum atomic E-state index is -4.79. The Balaban J connectivity index is 3.96. The highest BCUT2D eigenvalue weighted by molar-refractivity contribution is 7.47. The Morgan fingerprint density at radius 2 is 0.853 bits per heavy atom. The molecule has 0 saturated carbocycles. The lowest BCUT2D eigenvalue weighted by molar-refractivity contribution is -0.147. The lowest BCUT2D eigenvalue weighted by atomic mass is 10.1. The van der Waals surface area contributed by atoms with Crippen LogP contribution >= 0.6 is 7.82 Å². The van der Waals surface area contributed by atoms with E-state index in [2.05, 4.69) is 141 Å². The van der Waals surface area contributed by atoms with Crippen molar-refractivity contribution < 1.29 is 47.8 Å². The van der Waals surface area contributed by atoms with Gasteiger partial charge in [0.05, 0.1) is 13.2 Å². The number of hydrogen-bond donors (Lipinski definition) is 4. The first kappa shape index (κ1) is 63.9. The van der Waals surface area contributed by atoms with Crippen LogP contribution in [0, 0.1) is 0 Å².